The summed E-state index contributed by atoms with van der Waals surface area (Å²) >= 11 is 5.77. The van der Waals surface area contributed by atoms with Crippen LogP contribution in [0, 0.1) is 5.41 Å². The van der Waals surface area contributed by atoms with Crippen LogP contribution in [0.25, 0.3) is 0 Å². The lowest BCUT2D eigenvalue weighted by Crippen LogP contribution is -2.56. The van der Waals surface area contributed by atoms with E-state index in [-0.39, 0.29) is 17.4 Å². The molecule has 2 saturated heterocycles. The van der Waals surface area contributed by atoms with Gasteiger partial charge >= 0.3 is 12.0 Å². The number of fused-ring (bicyclic) bond motifs is 1. The second kappa shape index (κ2) is 15.2. The Morgan fingerprint density at radius 2 is 1.67 bits per heavy atom. The van der Waals surface area contributed by atoms with E-state index in [1.165, 1.54) is 4.90 Å². The zero-order valence-corrected chi connectivity index (χ0v) is 27.1. The van der Waals surface area contributed by atoms with Gasteiger partial charge in [0, 0.05) is 17.8 Å². The maximum absolute atomic E-state index is 13.8. The smallest absolute Gasteiger partial charge is 0.340 e. The van der Waals surface area contributed by atoms with Gasteiger partial charge in [-0.1, -0.05) is 71.9 Å². The number of benzene rings is 1. The van der Waals surface area contributed by atoms with Crippen LogP contribution >= 0.6 is 11.6 Å². The quantitative estimate of drug-likeness (QED) is 0.0724. The second-order valence-electron chi connectivity index (χ2n) is 13.0. The number of Topliss-reactive ketones (excluding diaryl/α,β-unsaturated/α-hetero) is 1. The number of anilines is 1. The van der Waals surface area contributed by atoms with Crippen LogP contribution < -0.4 is 5.32 Å². The molecule has 1 aromatic carbocycles. The molecule has 1 N–H and O–H groups in total. The number of hydrogen-bond acceptors (Lipinski definition) is 6. The lowest BCUT2D eigenvalue weighted by molar-refractivity contribution is -0.145. The number of unbranched alkanes of at least 4 members (excludes halogenated alkanes) is 5. The molecule has 2 aliphatic rings. The van der Waals surface area contributed by atoms with Crippen molar-refractivity contribution < 1.29 is 28.7 Å². The standard InChI is InChI=1S/C33H48ClN3O6/c1-6-7-16-23(17-11-9-8-10-14-21-34)43-29(40)24-18-12-13-19-25(24)35-28(39)26(27(38)32(2,3)4)37-30(41)33(5)20-15-22-36(33)31(37)42/h12-13,18-19,23,26H,6-11,14-17,20-22H2,1-5H3,(H,35,39). The van der Waals surface area contributed by atoms with E-state index in [1.54, 1.807) is 52.0 Å². The maximum Gasteiger partial charge on any atom is 0.340 e. The molecule has 3 rings (SSSR count). The van der Waals surface area contributed by atoms with Crippen LogP contribution in [0.5, 0.6) is 0 Å². The fourth-order valence-electron chi connectivity index (χ4n) is 5.84. The first-order valence-corrected chi connectivity index (χ1v) is 16.3. The van der Waals surface area contributed by atoms with Crippen LogP contribution in [0.4, 0.5) is 10.5 Å². The number of imide groups is 1. The monoisotopic (exact) mass is 617 g/mol. The number of rotatable bonds is 16. The third-order valence-electron chi connectivity index (χ3n) is 8.47. The first-order chi connectivity index (χ1) is 20.4. The number of ketones is 1. The van der Waals surface area contributed by atoms with E-state index in [0.717, 1.165) is 62.7 Å². The van der Waals surface area contributed by atoms with Gasteiger partial charge in [0.15, 0.2) is 11.8 Å². The van der Waals surface area contributed by atoms with E-state index in [2.05, 4.69) is 12.2 Å². The molecule has 0 aromatic heterocycles. The van der Waals surface area contributed by atoms with Crippen LogP contribution in [-0.2, 0) is 19.1 Å². The molecular weight excluding hydrogens is 570 g/mol. The third kappa shape index (κ3) is 8.16. The molecule has 3 unspecified atom stereocenters. The number of carbonyl (C=O) groups is 5. The summed E-state index contributed by atoms with van der Waals surface area (Å²) in [6.07, 6.45) is 9.42. The number of carbonyl (C=O) groups excluding carboxylic acids is 5. The predicted molar refractivity (Wildman–Crippen MR) is 167 cm³/mol. The fraction of sp³-hybridized carbons (Fsp3) is 0.667. The van der Waals surface area contributed by atoms with E-state index in [4.69, 9.17) is 16.3 Å². The molecule has 9 nitrogen and oxygen atoms in total. The van der Waals surface area contributed by atoms with Gasteiger partial charge in [-0.25, -0.2) is 14.5 Å². The van der Waals surface area contributed by atoms with Crippen LogP contribution in [0.3, 0.4) is 0 Å². The van der Waals surface area contributed by atoms with Gasteiger partial charge in [-0.3, -0.25) is 14.4 Å². The summed E-state index contributed by atoms with van der Waals surface area (Å²) in [5.41, 5.74) is -1.79. The van der Waals surface area contributed by atoms with Crippen LogP contribution in [0.1, 0.15) is 116 Å². The molecule has 43 heavy (non-hydrogen) atoms. The Balaban J connectivity index is 1.80. The van der Waals surface area contributed by atoms with Crippen molar-refractivity contribution in [3.05, 3.63) is 29.8 Å². The number of amides is 4. The molecule has 0 saturated carbocycles. The molecule has 0 bridgehead atoms. The van der Waals surface area contributed by atoms with Crippen LogP contribution in [-0.4, -0.2) is 69.5 Å². The van der Waals surface area contributed by atoms with E-state index in [0.29, 0.717) is 25.3 Å². The molecule has 10 heteroatoms. The van der Waals surface area contributed by atoms with Crippen molar-refractivity contribution in [2.75, 3.05) is 17.7 Å². The van der Waals surface area contributed by atoms with Crippen molar-refractivity contribution in [1.82, 2.24) is 9.80 Å². The lowest BCUT2D eigenvalue weighted by atomic mass is 9.85. The molecule has 238 valence electrons. The highest BCUT2D eigenvalue weighted by atomic mass is 35.5. The van der Waals surface area contributed by atoms with Crippen molar-refractivity contribution in [2.24, 2.45) is 5.41 Å². The summed E-state index contributed by atoms with van der Waals surface area (Å²) in [5.74, 6) is -1.87. The number of nitrogens with one attached hydrogen (secondary N) is 1. The van der Waals surface area contributed by atoms with E-state index < -0.39 is 46.6 Å². The Morgan fingerprint density at radius 3 is 2.33 bits per heavy atom. The van der Waals surface area contributed by atoms with Crippen LogP contribution in [0.15, 0.2) is 24.3 Å². The Labute approximate surface area is 261 Å². The number of esters is 1. The van der Waals surface area contributed by atoms with Gasteiger partial charge in [0.1, 0.15) is 11.6 Å². The average molecular weight is 618 g/mol. The molecule has 0 radical (unpaired) electrons. The highest BCUT2D eigenvalue weighted by molar-refractivity contribution is 6.20. The van der Waals surface area contributed by atoms with Crippen molar-refractivity contribution in [3.8, 4) is 0 Å². The summed E-state index contributed by atoms with van der Waals surface area (Å²) in [4.78, 5) is 70.1. The Hall–Kier alpha value is -2.94. The largest absolute Gasteiger partial charge is 0.459 e. The van der Waals surface area contributed by atoms with Gasteiger partial charge in [-0.15, -0.1) is 11.6 Å². The molecule has 0 aliphatic carbocycles. The Kier molecular flexibility index (Phi) is 12.2. The zero-order chi connectivity index (χ0) is 31.8. The fourth-order valence-corrected chi connectivity index (χ4v) is 6.03. The summed E-state index contributed by atoms with van der Waals surface area (Å²) in [5, 5.41) is 2.69. The molecular formula is C33H48ClN3O6. The van der Waals surface area contributed by atoms with E-state index >= 15 is 0 Å². The van der Waals surface area contributed by atoms with Crippen molar-refractivity contribution in [2.45, 2.75) is 123 Å². The molecule has 1 aromatic rings. The van der Waals surface area contributed by atoms with E-state index in [9.17, 15) is 24.0 Å². The molecule has 3 atom stereocenters. The summed E-state index contributed by atoms with van der Waals surface area (Å²) < 4.78 is 5.94. The normalized spacial score (nSPS) is 19.8. The van der Waals surface area contributed by atoms with Crippen molar-refractivity contribution in [1.29, 1.82) is 0 Å². The predicted octanol–water partition coefficient (Wildman–Crippen LogP) is 6.72. The number of urea groups is 1. The minimum Gasteiger partial charge on any atom is -0.459 e. The molecule has 2 fully saturated rings. The Bertz CT molecular complexity index is 1180. The third-order valence-corrected chi connectivity index (χ3v) is 8.74. The van der Waals surface area contributed by atoms with Crippen LogP contribution in [0.2, 0.25) is 0 Å². The van der Waals surface area contributed by atoms with Gasteiger partial charge in [-0.05, 0) is 57.6 Å². The Morgan fingerprint density at radius 1 is 1.02 bits per heavy atom. The summed E-state index contributed by atoms with van der Waals surface area (Å²) in [6, 6.07) is 4.12. The lowest BCUT2D eigenvalue weighted by Gasteiger charge is -2.30. The number of para-hydroxylation sites is 1. The topological polar surface area (TPSA) is 113 Å². The number of hydrogen-bond donors (Lipinski definition) is 1. The van der Waals surface area contributed by atoms with Gasteiger partial charge < -0.3 is 15.0 Å². The molecule has 2 heterocycles. The molecule has 2 aliphatic heterocycles. The highest BCUT2D eigenvalue weighted by Crippen LogP contribution is 2.39. The van der Waals surface area contributed by atoms with E-state index in [1.807, 2.05) is 0 Å². The highest BCUT2D eigenvalue weighted by Gasteiger charge is 2.60. The zero-order valence-electron chi connectivity index (χ0n) is 26.4. The summed E-state index contributed by atoms with van der Waals surface area (Å²) in [6.45, 7) is 9.08. The SMILES string of the molecule is CCCCC(CCCCCCCCl)OC(=O)c1ccccc1NC(=O)C(C(=O)C(C)(C)C)N1C(=O)N2CCCC2(C)C1=O. The maximum atomic E-state index is 13.8. The molecule has 4 amide bonds. The number of ether oxygens (including phenoxy) is 1. The first kappa shape index (κ1) is 34.5. The van der Waals surface area contributed by atoms with Crippen molar-refractivity contribution in [3.63, 3.8) is 0 Å². The number of alkyl halides is 1. The second-order valence-corrected chi connectivity index (χ2v) is 13.3. The first-order valence-electron chi connectivity index (χ1n) is 15.7. The summed E-state index contributed by atoms with van der Waals surface area (Å²) in [7, 11) is 0. The minimum atomic E-state index is -1.68. The average Bonchev–Trinajstić information content (AvgIpc) is 3.44. The van der Waals surface area contributed by atoms with Gasteiger partial charge in [0.2, 0.25) is 0 Å². The number of nitrogens with zero attached hydrogens (tertiary/aromatic N) is 2. The van der Waals surface area contributed by atoms with Crippen molar-refractivity contribution >= 4 is 46.9 Å². The van der Waals surface area contributed by atoms with Gasteiger partial charge in [-0.2, -0.15) is 0 Å². The van der Waals surface area contributed by atoms with Gasteiger partial charge in [0.05, 0.1) is 11.3 Å². The van der Waals surface area contributed by atoms with Gasteiger partial charge in [0.25, 0.3) is 11.8 Å². The molecule has 0 spiro atoms. The number of halogens is 1. The minimum absolute atomic E-state index is 0.146.